The lowest BCUT2D eigenvalue weighted by Gasteiger charge is -2.19. The summed E-state index contributed by atoms with van der Waals surface area (Å²) in [5.74, 6) is -1.83. The Hall–Kier alpha value is -1.59. The van der Waals surface area contributed by atoms with Crippen LogP contribution >= 0.6 is 0 Å². The molecule has 0 aromatic heterocycles. The fourth-order valence-corrected chi connectivity index (χ4v) is 1.58. The van der Waals surface area contributed by atoms with Gasteiger partial charge in [-0.15, -0.1) is 0 Å². The van der Waals surface area contributed by atoms with Crippen molar-refractivity contribution in [2.45, 2.75) is 45.4 Å². The van der Waals surface area contributed by atoms with Crippen molar-refractivity contribution in [3.63, 3.8) is 0 Å². The van der Waals surface area contributed by atoms with Crippen LogP contribution in [0.5, 0.6) is 0 Å². The first-order valence-corrected chi connectivity index (χ1v) is 6.06. The molecule has 0 aliphatic carbocycles. The maximum Gasteiger partial charge on any atom is 0.419 e. The van der Waals surface area contributed by atoms with Crippen molar-refractivity contribution in [1.29, 1.82) is 0 Å². The predicted molar refractivity (Wildman–Crippen MR) is 65.6 cm³/mol. The number of ether oxygens (including phenoxy) is 1. The molecule has 0 atom stereocenters. The minimum atomic E-state index is -4.74. The van der Waals surface area contributed by atoms with Gasteiger partial charge < -0.3 is 4.74 Å². The molecule has 6 heteroatoms. The molecule has 0 fully saturated rings. The second-order valence-corrected chi connectivity index (χ2v) is 5.40. The number of halogens is 4. The molecule has 0 aliphatic heterocycles. The van der Waals surface area contributed by atoms with E-state index in [-0.39, 0.29) is 18.4 Å². The van der Waals surface area contributed by atoms with Gasteiger partial charge in [0.2, 0.25) is 0 Å². The van der Waals surface area contributed by atoms with Gasteiger partial charge in [0, 0.05) is 6.42 Å². The van der Waals surface area contributed by atoms with Crippen LogP contribution in [0.2, 0.25) is 0 Å². The first-order valence-electron chi connectivity index (χ1n) is 6.06. The van der Waals surface area contributed by atoms with E-state index >= 15 is 0 Å². The molecule has 1 aromatic rings. The third-order valence-electron chi connectivity index (χ3n) is 2.37. The van der Waals surface area contributed by atoms with Crippen molar-refractivity contribution >= 4 is 5.97 Å². The zero-order chi connectivity index (χ0) is 15.6. The second-order valence-electron chi connectivity index (χ2n) is 5.40. The standard InChI is InChI=1S/C14H16F4O2/c1-13(2,3)20-12(19)7-5-9-4-6-11(15)10(8-9)14(16,17)18/h4,6,8H,5,7H2,1-3H3. The maximum absolute atomic E-state index is 13.1. The second kappa shape index (κ2) is 5.81. The van der Waals surface area contributed by atoms with Crippen molar-refractivity contribution in [1.82, 2.24) is 0 Å². The Balaban J connectivity index is 2.73. The number of carbonyl (C=O) groups excluding carboxylic acids is 1. The topological polar surface area (TPSA) is 26.3 Å². The van der Waals surface area contributed by atoms with Crippen molar-refractivity contribution in [3.8, 4) is 0 Å². The van der Waals surface area contributed by atoms with Gasteiger partial charge in [0.25, 0.3) is 0 Å². The fourth-order valence-electron chi connectivity index (χ4n) is 1.58. The third-order valence-corrected chi connectivity index (χ3v) is 2.37. The van der Waals surface area contributed by atoms with Gasteiger partial charge in [-0.25, -0.2) is 4.39 Å². The molecule has 0 saturated heterocycles. The van der Waals surface area contributed by atoms with Gasteiger partial charge in [-0.1, -0.05) is 6.07 Å². The Kier molecular flexibility index (Phi) is 4.78. The van der Waals surface area contributed by atoms with E-state index in [1.807, 2.05) is 0 Å². The van der Waals surface area contributed by atoms with Gasteiger partial charge in [0.15, 0.2) is 0 Å². The number of benzene rings is 1. The smallest absolute Gasteiger partial charge is 0.419 e. The molecule has 2 nitrogen and oxygen atoms in total. The summed E-state index contributed by atoms with van der Waals surface area (Å²) >= 11 is 0. The molecule has 0 spiro atoms. The Morgan fingerprint density at radius 1 is 1.20 bits per heavy atom. The molecule has 1 rings (SSSR count). The summed E-state index contributed by atoms with van der Waals surface area (Å²) < 4.78 is 55.7. The first-order chi connectivity index (χ1) is 8.99. The van der Waals surface area contributed by atoms with Gasteiger partial charge >= 0.3 is 12.1 Å². The van der Waals surface area contributed by atoms with Crippen LogP contribution in [0.1, 0.15) is 38.3 Å². The summed E-state index contributed by atoms with van der Waals surface area (Å²) in [6.07, 6.45) is -4.73. The normalized spacial score (nSPS) is 12.3. The maximum atomic E-state index is 13.1. The molecule has 0 unspecified atom stereocenters. The van der Waals surface area contributed by atoms with Gasteiger partial charge in [0.05, 0.1) is 5.56 Å². The number of aryl methyl sites for hydroxylation is 1. The Labute approximate surface area is 114 Å². The van der Waals surface area contributed by atoms with Crippen LogP contribution in [0.15, 0.2) is 18.2 Å². The third kappa shape index (κ3) is 5.19. The highest BCUT2D eigenvalue weighted by atomic mass is 19.4. The van der Waals surface area contributed by atoms with Crippen molar-refractivity contribution < 1.29 is 27.1 Å². The monoisotopic (exact) mass is 292 g/mol. The van der Waals surface area contributed by atoms with E-state index in [1.54, 1.807) is 20.8 Å². The van der Waals surface area contributed by atoms with E-state index < -0.39 is 29.1 Å². The SMILES string of the molecule is CC(C)(C)OC(=O)CCc1ccc(F)c(C(F)(F)F)c1. The zero-order valence-electron chi connectivity index (χ0n) is 11.5. The van der Waals surface area contributed by atoms with Gasteiger partial charge in [-0.05, 0) is 44.9 Å². The number of hydrogen-bond acceptors (Lipinski definition) is 2. The molecule has 0 radical (unpaired) electrons. The van der Waals surface area contributed by atoms with E-state index in [0.29, 0.717) is 0 Å². The lowest BCUT2D eigenvalue weighted by atomic mass is 10.1. The molecule has 0 heterocycles. The molecule has 0 aliphatic rings. The van der Waals surface area contributed by atoms with Crippen LogP contribution in [-0.4, -0.2) is 11.6 Å². The summed E-state index contributed by atoms with van der Waals surface area (Å²) in [6, 6.07) is 2.71. The van der Waals surface area contributed by atoms with Crippen LogP contribution in [0, 0.1) is 5.82 Å². The first kappa shape index (κ1) is 16.5. The Morgan fingerprint density at radius 2 is 1.80 bits per heavy atom. The van der Waals surface area contributed by atoms with Gasteiger partial charge in [-0.2, -0.15) is 13.2 Å². The van der Waals surface area contributed by atoms with Crippen LogP contribution < -0.4 is 0 Å². The largest absolute Gasteiger partial charge is 0.460 e. The van der Waals surface area contributed by atoms with Crippen LogP contribution in [0.25, 0.3) is 0 Å². The van der Waals surface area contributed by atoms with Crippen LogP contribution in [-0.2, 0) is 22.1 Å². The van der Waals surface area contributed by atoms with E-state index in [0.717, 1.165) is 12.1 Å². The molecular formula is C14H16F4O2. The predicted octanol–water partition coefficient (Wildman–Crippen LogP) is 4.12. The Bertz CT molecular complexity index is 487. The quantitative estimate of drug-likeness (QED) is 0.619. The van der Waals surface area contributed by atoms with Crippen molar-refractivity contribution in [2.24, 2.45) is 0 Å². The van der Waals surface area contributed by atoms with E-state index in [4.69, 9.17) is 4.74 Å². The summed E-state index contributed by atoms with van der Waals surface area (Å²) in [6.45, 7) is 5.10. The lowest BCUT2D eigenvalue weighted by Crippen LogP contribution is -2.24. The average Bonchev–Trinajstić information content (AvgIpc) is 2.24. The molecular weight excluding hydrogens is 276 g/mol. The number of hydrogen-bond donors (Lipinski definition) is 0. The number of alkyl halides is 3. The molecule has 0 bridgehead atoms. The Morgan fingerprint density at radius 3 is 2.30 bits per heavy atom. The number of esters is 1. The molecule has 0 amide bonds. The van der Waals surface area contributed by atoms with Crippen molar-refractivity contribution in [3.05, 3.63) is 35.1 Å². The molecule has 0 saturated carbocycles. The number of carbonyl (C=O) groups is 1. The molecule has 1 aromatic carbocycles. The zero-order valence-corrected chi connectivity index (χ0v) is 11.5. The van der Waals surface area contributed by atoms with Gasteiger partial charge in [-0.3, -0.25) is 4.79 Å². The minimum Gasteiger partial charge on any atom is -0.460 e. The van der Waals surface area contributed by atoms with Crippen molar-refractivity contribution in [2.75, 3.05) is 0 Å². The highest BCUT2D eigenvalue weighted by molar-refractivity contribution is 5.70. The molecule has 20 heavy (non-hydrogen) atoms. The average molecular weight is 292 g/mol. The van der Waals surface area contributed by atoms with E-state index in [2.05, 4.69) is 0 Å². The highest BCUT2D eigenvalue weighted by Gasteiger charge is 2.34. The molecule has 0 N–H and O–H groups in total. The number of rotatable bonds is 3. The highest BCUT2D eigenvalue weighted by Crippen LogP contribution is 2.32. The van der Waals surface area contributed by atoms with E-state index in [1.165, 1.54) is 6.07 Å². The summed E-state index contributed by atoms with van der Waals surface area (Å²) in [5, 5.41) is 0. The summed E-state index contributed by atoms with van der Waals surface area (Å²) in [5.41, 5.74) is -1.72. The molecule has 112 valence electrons. The summed E-state index contributed by atoms with van der Waals surface area (Å²) in [4.78, 5) is 11.5. The fraction of sp³-hybridized carbons (Fsp3) is 0.500. The van der Waals surface area contributed by atoms with Gasteiger partial charge in [0.1, 0.15) is 11.4 Å². The lowest BCUT2D eigenvalue weighted by molar-refractivity contribution is -0.154. The minimum absolute atomic E-state index is 0.0554. The van der Waals surface area contributed by atoms with Crippen LogP contribution in [0.3, 0.4) is 0 Å². The summed E-state index contributed by atoms with van der Waals surface area (Å²) in [7, 11) is 0. The van der Waals surface area contributed by atoms with E-state index in [9.17, 15) is 22.4 Å². The van der Waals surface area contributed by atoms with Crippen LogP contribution in [0.4, 0.5) is 17.6 Å².